The predicted octanol–water partition coefficient (Wildman–Crippen LogP) is 5.33. The van der Waals surface area contributed by atoms with Gasteiger partial charge in [0.1, 0.15) is 6.04 Å². The Bertz CT molecular complexity index is 1030. The van der Waals surface area contributed by atoms with Gasteiger partial charge in [-0.05, 0) is 47.9 Å². The molecule has 0 amide bonds. The van der Waals surface area contributed by atoms with Crippen molar-refractivity contribution in [2.75, 3.05) is 11.9 Å². The molecular weight excluding hydrogens is 463 g/mol. The lowest BCUT2D eigenvalue weighted by Crippen LogP contribution is -2.20. The number of aryl methyl sites for hydroxylation is 1. The fraction of sp³-hybridized carbons (Fsp3) is 0.200. The third kappa shape index (κ3) is 3.96. The van der Waals surface area contributed by atoms with E-state index in [0.717, 1.165) is 21.3 Å². The van der Waals surface area contributed by atoms with Crippen LogP contribution in [0.5, 0.6) is 0 Å². The monoisotopic (exact) mass is 478 g/mol. The molecule has 0 spiro atoms. The number of anilines is 1. The van der Waals surface area contributed by atoms with Gasteiger partial charge >= 0.3 is 0 Å². The molecule has 0 saturated heterocycles. The quantitative estimate of drug-likeness (QED) is 0.519. The van der Waals surface area contributed by atoms with Crippen LogP contribution in [0.3, 0.4) is 0 Å². The number of aliphatic hydroxyl groups is 1. The van der Waals surface area contributed by atoms with Crippen molar-refractivity contribution in [3.63, 3.8) is 0 Å². The van der Waals surface area contributed by atoms with Crippen molar-refractivity contribution < 1.29 is 5.11 Å². The summed E-state index contributed by atoms with van der Waals surface area (Å²) in [5.74, 6) is 1.32. The minimum absolute atomic E-state index is 0.103. The van der Waals surface area contributed by atoms with Crippen molar-refractivity contribution in [2.24, 2.45) is 0 Å². The zero-order valence-electron chi connectivity index (χ0n) is 14.7. The summed E-state index contributed by atoms with van der Waals surface area (Å²) in [5.41, 5.74) is 2.85. The van der Waals surface area contributed by atoms with Crippen molar-refractivity contribution in [1.82, 2.24) is 14.8 Å². The molecule has 0 saturated carbocycles. The first-order valence-electron chi connectivity index (χ1n) is 8.81. The molecule has 2 N–H and O–H groups in total. The number of allylic oxidation sites excluding steroid dienone is 1. The minimum Gasteiger partial charge on any atom is -0.396 e. The topological polar surface area (TPSA) is 63.0 Å². The summed E-state index contributed by atoms with van der Waals surface area (Å²) >= 11 is 16.1. The first-order valence-corrected chi connectivity index (χ1v) is 10.4. The number of rotatable bonds is 5. The van der Waals surface area contributed by atoms with E-state index in [2.05, 4.69) is 37.4 Å². The predicted molar refractivity (Wildman–Crippen MR) is 116 cm³/mol. The van der Waals surface area contributed by atoms with Crippen LogP contribution < -0.4 is 5.32 Å². The first-order chi connectivity index (χ1) is 13.5. The highest BCUT2D eigenvalue weighted by Gasteiger charge is 2.26. The van der Waals surface area contributed by atoms with Crippen molar-refractivity contribution in [1.29, 1.82) is 0 Å². The summed E-state index contributed by atoms with van der Waals surface area (Å²) in [4.78, 5) is 4.61. The van der Waals surface area contributed by atoms with E-state index in [9.17, 15) is 0 Å². The lowest BCUT2D eigenvalue weighted by molar-refractivity contribution is 0.287. The second-order valence-electron chi connectivity index (χ2n) is 6.45. The molecule has 1 aromatic heterocycles. The zero-order valence-corrected chi connectivity index (χ0v) is 17.8. The van der Waals surface area contributed by atoms with Crippen molar-refractivity contribution in [3.8, 4) is 0 Å². The van der Waals surface area contributed by atoms with Crippen LogP contribution in [0.1, 0.15) is 29.4 Å². The summed E-state index contributed by atoms with van der Waals surface area (Å²) < 4.78 is 2.84. The molecule has 144 valence electrons. The Hall–Kier alpha value is -1.86. The van der Waals surface area contributed by atoms with E-state index < -0.39 is 0 Å². The number of aromatic nitrogens is 3. The maximum atomic E-state index is 9.11. The Balaban J connectivity index is 1.80. The number of aliphatic hydroxyl groups excluding tert-OH is 1. The minimum atomic E-state index is -0.227. The highest BCUT2D eigenvalue weighted by Crippen LogP contribution is 2.36. The summed E-state index contributed by atoms with van der Waals surface area (Å²) in [6.07, 6.45) is 3.30. The van der Waals surface area contributed by atoms with E-state index in [4.69, 9.17) is 28.3 Å². The number of halogens is 3. The van der Waals surface area contributed by atoms with E-state index in [1.807, 2.05) is 41.1 Å². The molecule has 0 fully saturated rings. The van der Waals surface area contributed by atoms with Crippen LogP contribution in [0, 0.1) is 0 Å². The molecule has 0 bridgehead atoms. The number of nitrogens with zero attached hydrogens (tertiary/aromatic N) is 3. The Morgan fingerprint density at radius 3 is 2.64 bits per heavy atom. The van der Waals surface area contributed by atoms with Crippen molar-refractivity contribution >= 4 is 50.8 Å². The molecule has 8 heteroatoms. The smallest absolute Gasteiger partial charge is 0.226 e. The molecule has 2 heterocycles. The molecule has 1 atom stereocenters. The first kappa shape index (κ1) is 19.5. The Morgan fingerprint density at radius 1 is 1.14 bits per heavy atom. The molecule has 4 rings (SSSR count). The number of nitrogens with one attached hydrogen (secondary N) is 1. The van der Waals surface area contributed by atoms with Crippen LogP contribution in [-0.2, 0) is 6.42 Å². The molecule has 0 aliphatic carbocycles. The van der Waals surface area contributed by atoms with E-state index in [1.54, 1.807) is 6.07 Å². The van der Waals surface area contributed by atoms with Gasteiger partial charge in [-0.2, -0.15) is 10.1 Å². The van der Waals surface area contributed by atoms with Gasteiger partial charge in [-0.25, -0.2) is 4.68 Å². The normalized spacial score (nSPS) is 15.7. The van der Waals surface area contributed by atoms with Crippen LogP contribution in [-0.4, -0.2) is 26.5 Å². The second-order valence-corrected chi connectivity index (χ2v) is 8.21. The van der Waals surface area contributed by atoms with Crippen LogP contribution in [0.15, 0.2) is 53.0 Å². The molecule has 1 aliphatic heterocycles. The molecule has 28 heavy (non-hydrogen) atoms. The molecule has 5 nitrogen and oxygen atoms in total. The van der Waals surface area contributed by atoms with E-state index >= 15 is 0 Å². The van der Waals surface area contributed by atoms with E-state index in [1.165, 1.54) is 0 Å². The van der Waals surface area contributed by atoms with E-state index in [0.29, 0.717) is 34.7 Å². The zero-order chi connectivity index (χ0) is 19.7. The largest absolute Gasteiger partial charge is 0.396 e. The van der Waals surface area contributed by atoms with Gasteiger partial charge in [0.05, 0.1) is 0 Å². The van der Waals surface area contributed by atoms with Gasteiger partial charge in [0.25, 0.3) is 0 Å². The molecule has 2 aromatic carbocycles. The fourth-order valence-electron chi connectivity index (χ4n) is 3.14. The molecular formula is C20H17BrCl2N4O. The SMILES string of the molecule is OCCCc1nc2n(n1)[C@H](c1ccc(Cl)cc1Cl)C=C(c1ccc(Br)cc1)N2. The van der Waals surface area contributed by atoms with Gasteiger partial charge in [-0.15, -0.1) is 0 Å². The van der Waals surface area contributed by atoms with Gasteiger partial charge in [0.15, 0.2) is 5.82 Å². The number of hydrogen-bond donors (Lipinski definition) is 2. The Labute approximate surface area is 181 Å². The fourth-order valence-corrected chi connectivity index (χ4v) is 3.93. The Morgan fingerprint density at radius 2 is 1.93 bits per heavy atom. The van der Waals surface area contributed by atoms with Crippen LogP contribution in [0.4, 0.5) is 5.95 Å². The molecule has 3 aromatic rings. The summed E-state index contributed by atoms with van der Waals surface area (Å²) in [6, 6.07) is 13.3. The van der Waals surface area contributed by atoms with Gasteiger partial charge in [-0.3, -0.25) is 0 Å². The number of fused-ring (bicyclic) bond motifs is 1. The highest BCUT2D eigenvalue weighted by molar-refractivity contribution is 9.10. The van der Waals surface area contributed by atoms with Gasteiger partial charge in [0.2, 0.25) is 5.95 Å². The van der Waals surface area contributed by atoms with Crippen molar-refractivity contribution in [3.05, 3.63) is 80.0 Å². The van der Waals surface area contributed by atoms with Crippen LogP contribution in [0.25, 0.3) is 5.70 Å². The summed E-state index contributed by atoms with van der Waals surface area (Å²) in [7, 11) is 0. The highest BCUT2D eigenvalue weighted by atomic mass is 79.9. The lowest BCUT2D eigenvalue weighted by atomic mass is 10.0. The average molecular weight is 480 g/mol. The summed E-state index contributed by atoms with van der Waals surface area (Å²) in [6.45, 7) is 0.103. The third-order valence-electron chi connectivity index (χ3n) is 4.50. The van der Waals surface area contributed by atoms with E-state index in [-0.39, 0.29) is 12.6 Å². The van der Waals surface area contributed by atoms with Crippen LogP contribution in [0.2, 0.25) is 10.0 Å². The summed E-state index contributed by atoms with van der Waals surface area (Å²) in [5, 5.41) is 18.3. The molecule has 1 aliphatic rings. The third-order valence-corrected chi connectivity index (χ3v) is 5.60. The standard InChI is InChI=1S/C20H17BrCl2N4O/c21-13-5-3-12(4-6-13)17-11-18(15-8-7-14(22)10-16(15)23)27-20(24-17)25-19(26-27)2-1-9-28/h3-8,10-11,18,28H,1-2,9H2,(H,24,25,26)/t18-/m0/s1. The van der Waals surface area contributed by atoms with Crippen molar-refractivity contribution in [2.45, 2.75) is 18.9 Å². The van der Waals surface area contributed by atoms with Gasteiger partial charge in [0, 0.05) is 33.2 Å². The maximum absolute atomic E-state index is 9.11. The Kier molecular flexibility index (Phi) is 5.73. The maximum Gasteiger partial charge on any atom is 0.226 e. The average Bonchev–Trinajstić information content (AvgIpc) is 3.09. The molecule has 0 radical (unpaired) electrons. The van der Waals surface area contributed by atoms with Gasteiger partial charge in [-0.1, -0.05) is 57.3 Å². The lowest BCUT2D eigenvalue weighted by Gasteiger charge is -2.25. The van der Waals surface area contributed by atoms with Gasteiger partial charge < -0.3 is 10.4 Å². The number of hydrogen-bond acceptors (Lipinski definition) is 4. The second kappa shape index (κ2) is 8.25. The van der Waals surface area contributed by atoms with Crippen LogP contribution >= 0.6 is 39.1 Å². The number of benzene rings is 2. The molecule has 0 unspecified atom stereocenters.